The highest BCUT2D eigenvalue weighted by Gasteiger charge is 2.49. The van der Waals surface area contributed by atoms with Crippen LogP contribution in [-0.2, 0) is 25.5 Å². The number of hydrogen-bond donors (Lipinski definition) is 0. The van der Waals surface area contributed by atoms with E-state index in [0.29, 0.717) is 11.1 Å². The van der Waals surface area contributed by atoms with E-state index in [2.05, 4.69) is 4.18 Å². The molecule has 0 saturated carbocycles. The third kappa shape index (κ3) is 7.43. The van der Waals surface area contributed by atoms with Crippen molar-refractivity contribution in [2.45, 2.75) is 58.2 Å². The van der Waals surface area contributed by atoms with Gasteiger partial charge >= 0.3 is 21.7 Å². The van der Waals surface area contributed by atoms with Gasteiger partial charge in [0.1, 0.15) is 11.4 Å². The number of halogens is 4. The van der Waals surface area contributed by atoms with E-state index < -0.39 is 50.9 Å². The summed E-state index contributed by atoms with van der Waals surface area (Å²) < 4.78 is 92.6. The molecule has 1 amide bonds. The summed E-state index contributed by atoms with van der Waals surface area (Å²) in [6, 6.07) is 9.84. The summed E-state index contributed by atoms with van der Waals surface area (Å²) in [5.41, 5.74) is -5.19. The highest BCUT2D eigenvalue weighted by Crippen LogP contribution is 2.37. The third-order valence-electron chi connectivity index (χ3n) is 5.90. The first-order chi connectivity index (χ1) is 18.0. The van der Waals surface area contributed by atoms with Crippen molar-refractivity contribution in [2.24, 2.45) is 5.92 Å². The SMILES string of the molecule is CCOc1cc([C@@H](C)N(C[C@H]2C=C(OS(=O)(=O)C(F)(F)F)c3ccccc3C2)C(=O)OC(C)(C)C)ccc1F. The molecule has 39 heavy (non-hydrogen) atoms. The molecule has 214 valence electrons. The Morgan fingerprint density at radius 2 is 1.79 bits per heavy atom. The van der Waals surface area contributed by atoms with E-state index in [-0.39, 0.29) is 30.9 Å². The number of carbonyl (C=O) groups excluding carboxylic acids is 1. The Balaban J connectivity index is 2.01. The first kappa shape index (κ1) is 30.3. The number of nitrogens with zero attached hydrogens (tertiary/aromatic N) is 1. The van der Waals surface area contributed by atoms with Crippen LogP contribution in [0.5, 0.6) is 5.75 Å². The van der Waals surface area contributed by atoms with Crippen molar-refractivity contribution in [3.8, 4) is 5.75 Å². The van der Waals surface area contributed by atoms with Crippen LogP contribution >= 0.6 is 0 Å². The quantitative estimate of drug-likeness (QED) is 0.201. The second kappa shape index (κ2) is 11.4. The highest BCUT2D eigenvalue weighted by atomic mass is 32.2. The van der Waals surface area contributed by atoms with Crippen LogP contribution in [0.4, 0.5) is 22.4 Å². The minimum absolute atomic E-state index is 0.00511. The van der Waals surface area contributed by atoms with Crippen molar-refractivity contribution >= 4 is 22.0 Å². The fraction of sp³-hybridized carbons (Fsp3) is 0.444. The molecule has 0 aromatic heterocycles. The van der Waals surface area contributed by atoms with Crippen LogP contribution in [-0.4, -0.2) is 43.7 Å². The zero-order valence-corrected chi connectivity index (χ0v) is 23.0. The Morgan fingerprint density at radius 1 is 1.13 bits per heavy atom. The number of fused-ring (bicyclic) bond motifs is 1. The van der Waals surface area contributed by atoms with Crippen molar-refractivity contribution in [3.63, 3.8) is 0 Å². The predicted molar refractivity (Wildman–Crippen MR) is 137 cm³/mol. The molecule has 0 unspecified atom stereocenters. The van der Waals surface area contributed by atoms with E-state index in [9.17, 15) is 30.8 Å². The first-order valence-electron chi connectivity index (χ1n) is 12.2. The number of hydrogen-bond acceptors (Lipinski definition) is 6. The summed E-state index contributed by atoms with van der Waals surface area (Å²) in [6.07, 6.45) is 0.843. The molecule has 0 spiro atoms. The summed E-state index contributed by atoms with van der Waals surface area (Å²) in [4.78, 5) is 14.7. The summed E-state index contributed by atoms with van der Waals surface area (Å²) in [7, 11) is -5.93. The van der Waals surface area contributed by atoms with Gasteiger partial charge in [-0.2, -0.15) is 21.6 Å². The molecule has 0 aliphatic heterocycles. The second-order valence-electron chi connectivity index (χ2n) is 10.1. The monoisotopic (exact) mass is 573 g/mol. The predicted octanol–water partition coefficient (Wildman–Crippen LogP) is 6.60. The van der Waals surface area contributed by atoms with Gasteiger partial charge < -0.3 is 18.6 Å². The average molecular weight is 574 g/mol. The van der Waals surface area contributed by atoms with Crippen LogP contribution in [0.15, 0.2) is 48.5 Å². The maximum Gasteiger partial charge on any atom is 0.534 e. The maximum atomic E-state index is 14.2. The van der Waals surface area contributed by atoms with Gasteiger partial charge in [-0.25, -0.2) is 9.18 Å². The van der Waals surface area contributed by atoms with Crippen molar-refractivity contribution < 1.29 is 44.4 Å². The molecule has 1 aliphatic carbocycles. The molecule has 12 heteroatoms. The fourth-order valence-corrected chi connectivity index (χ4v) is 4.61. The molecular weight excluding hydrogens is 542 g/mol. The molecule has 0 heterocycles. The van der Waals surface area contributed by atoms with E-state index in [1.54, 1.807) is 52.8 Å². The minimum Gasteiger partial charge on any atom is -0.491 e. The molecule has 7 nitrogen and oxygen atoms in total. The lowest BCUT2D eigenvalue weighted by molar-refractivity contribution is -0.0509. The fourth-order valence-electron chi connectivity index (χ4n) is 4.13. The Morgan fingerprint density at radius 3 is 2.41 bits per heavy atom. The first-order valence-corrected chi connectivity index (χ1v) is 13.7. The summed E-state index contributed by atoms with van der Waals surface area (Å²) in [6.45, 7) is 8.61. The van der Waals surface area contributed by atoms with E-state index in [1.165, 1.54) is 35.2 Å². The molecule has 0 saturated heterocycles. The van der Waals surface area contributed by atoms with E-state index >= 15 is 0 Å². The third-order valence-corrected chi connectivity index (χ3v) is 6.87. The number of alkyl halides is 3. The van der Waals surface area contributed by atoms with Crippen LogP contribution in [0.1, 0.15) is 57.4 Å². The molecule has 3 rings (SSSR count). The summed E-state index contributed by atoms with van der Waals surface area (Å²) in [5, 5.41) is 0. The van der Waals surface area contributed by atoms with E-state index in [1.807, 2.05) is 0 Å². The Hall–Kier alpha value is -3.28. The van der Waals surface area contributed by atoms with Crippen LogP contribution in [0.25, 0.3) is 5.76 Å². The lowest BCUT2D eigenvalue weighted by Gasteiger charge is -2.35. The lowest BCUT2D eigenvalue weighted by atomic mass is 9.88. The molecular formula is C27H31F4NO6S. The van der Waals surface area contributed by atoms with Gasteiger partial charge in [0, 0.05) is 18.0 Å². The van der Waals surface area contributed by atoms with Gasteiger partial charge in [0.25, 0.3) is 0 Å². The largest absolute Gasteiger partial charge is 0.534 e. The second-order valence-corrected chi connectivity index (χ2v) is 11.6. The molecule has 1 aliphatic rings. The number of carbonyl (C=O) groups is 1. The number of ether oxygens (including phenoxy) is 2. The zero-order chi connectivity index (χ0) is 29.2. The van der Waals surface area contributed by atoms with Gasteiger partial charge in [-0.05, 0) is 70.4 Å². The smallest absolute Gasteiger partial charge is 0.491 e. The summed E-state index contributed by atoms with van der Waals surface area (Å²) >= 11 is 0. The topological polar surface area (TPSA) is 82.1 Å². The van der Waals surface area contributed by atoms with E-state index in [4.69, 9.17) is 9.47 Å². The Kier molecular flexibility index (Phi) is 8.88. The maximum absolute atomic E-state index is 14.2. The van der Waals surface area contributed by atoms with Crippen molar-refractivity contribution in [3.05, 3.63) is 71.0 Å². The van der Waals surface area contributed by atoms with Gasteiger partial charge in [-0.3, -0.25) is 0 Å². The number of amides is 1. The van der Waals surface area contributed by atoms with Gasteiger partial charge in [-0.1, -0.05) is 30.3 Å². The van der Waals surface area contributed by atoms with Gasteiger partial charge in [0.15, 0.2) is 11.6 Å². The van der Waals surface area contributed by atoms with Crippen molar-refractivity contribution in [1.82, 2.24) is 4.90 Å². The van der Waals surface area contributed by atoms with Crippen LogP contribution in [0.2, 0.25) is 0 Å². The Bertz CT molecular complexity index is 1330. The van der Waals surface area contributed by atoms with Crippen LogP contribution in [0.3, 0.4) is 0 Å². The van der Waals surface area contributed by atoms with E-state index in [0.717, 1.165) is 0 Å². The molecule has 0 N–H and O–H groups in total. The molecule has 2 aromatic rings. The molecule has 0 fully saturated rings. The highest BCUT2D eigenvalue weighted by molar-refractivity contribution is 7.87. The normalized spacial score (nSPS) is 16.5. The Labute approximate surface area is 225 Å². The van der Waals surface area contributed by atoms with Gasteiger partial charge in [0.2, 0.25) is 0 Å². The zero-order valence-electron chi connectivity index (χ0n) is 22.2. The van der Waals surface area contributed by atoms with Crippen LogP contribution < -0.4 is 4.74 Å². The average Bonchev–Trinajstić information content (AvgIpc) is 2.81. The van der Waals surface area contributed by atoms with Crippen molar-refractivity contribution in [1.29, 1.82) is 0 Å². The van der Waals surface area contributed by atoms with Crippen LogP contribution in [0, 0.1) is 11.7 Å². The summed E-state index contributed by atoms with van der Waals surface area (Å²) in [5.74, 6) is -1.68. The number of benzene rings is 2. The van der Waals surface area contributed by atoms with Gasteiger partial charge in [-0.15, -0.1) is 0 Å². The molecule has 2 atom stereocenters. The standard InChI is InChI=1S/C27H31F4NO6S/c1-6-36-24-15-19(11-12-22(24)28)17(2)32(25(33)37-26(3,4)5)16-18-13-20-9-7-8-10-21(20)23(14-18)38-39(34,35)27(29,30)31/h7-12,14-15,17-18H,6,13,16H2,1-5H3/t17-,18-/m1/s1. The molecule has 0 bridgehead atoms. The van der Waals surface area contributed by atoms with Crippen molar-refractivity contribution in [2.75, 3.05) is 13.2 Å². The molecule has 2 aromatic carbocycles. The minimum atomic E-state index is -5.93. The lowest BCUT2D eigenvalue weighted by Crippen LogP contribution is -2.41. The molecule has 0 radical (unpaired) electrons. The van der Waals surface area contributed by atoms with Gasteiger partial charge in [0.05, 0.1) is 12.6 Å². The number of rotatable bonds is 8.